The van der Waals surface area contributed by atoms with Crippen molar-refractivity contribution in [3.63, 3.8) is 0 Å². The van der Waals surface area contributed by atoms with Gasteiger partial charge in [-0.3, -0.25) is 9.69 Å². The molecule has 3 aromatic carbocycles. The fourth-order valence-electron chi connectivity index (χ4n) is 4.36. The van der Waals surface area contributed by atoms with Crippen molar-refractivity contribution in [1.82, 2.24) is 5.32 Å². The third-order valence-corrected chi connectivity index (χ3v) is 6.15. The van der Waals surface area contributed by atoms with E-state index in [2.05, 4.69) is 16.7 Å². The molecule has 2 aliphatic rings. The number of nitrogens with zero attached hydrogens (tertiary/aromatic N) is 1. The fourth-order valence-corrected chi connectivity index (χ4v) is 4.58. The van der Waals surface area contributed by atoms with Crippen LogP contribution in [0.2, 0.25) is 5.02 Å². The molecule has 0 aromatic heterocycles. The molecule has 0 radical (unpaired) electrons. The van der Waals surface area contributed by atoms with Crippen molar-refractivity contribution in [2.75, 3.05) is 16.8 Å². The quantitative estimate of drug-likeness (QED) is 0.580. The molecule has 0 bridgehead atoms. The average molecular weight is 436 g/mol. The van der Waals surface area contributed by atoms with Crippen LogP contribution in [0.4, 0.5) is 20.6 Å². The van der Waals surface area contributed by atoms with Gasteiger partial charge in [0.15, 0.2) is 0 Å². The lowest BCUT2D eigenvalue weighted by Gasteiger charge is -2.21. The third kappa shape index (κ3) is 3.33. The highest BCUT2D eigenvalue weighted by Crippen LogP contribution is 2.39. The molecular weight excluding hydrogens is 417 g/mol. The molecule has 3 amide bonds. The second kappa shape index (κ2) is 7.39. The molecule has 0 saturated heterocycles. The van der Waals surface area contributed by atoms with E-state index in [1.807, 2.05) is 19.1 Å². The Bertz CT molecular complexity index is 1240. The van der Waals surface area contributed by atoms with E-state index >= 15 is 0 Å². The van der Waals surface area contributed by atoms with Crippen LogP contribution in [0.1, 0.15) is 38.7 Å². The number of anilines is 2. The van der Waals surface area contributed by atoms with Gasteiger partial charge in [0.1, 0.15) is 5.82 Å². The molecule has 5 rings (SSSR count). The molecule has 0 aliphatic carbocycles. The minimum absolute atomic E-state index is 0.278. The maximum Gasteiger partial charge on any atom is 0.326 e. The molecule has 156 valence electrons. The molecule has 1 atom stereocenters. The van der Waals surface area contributed by atoms with Crippen molar-refractivity contribution in [1.29, 1.82) is 0 Å². The first kappa shape index (κ1) is 19.6. The van der Waals surface area contributed by atoms with Crippen molar-refractivity contribution < 1.29 is 14.0 Å². The smallest absolute Gasteiger partial charge is 0.326 e. The van der Waals surface area contributed by atoms with Crippen molar-refractivity contribution >= 4 is 34.9 Å². The summed E-state index contributed by atoms with van der Waals surface area (Å²) in [7, 11) is 0. The van der Waals surface area contributed by atoms with Crippen LogP contribution in [0.5, 0.6) is 0 Å². The zero-order valence-electron chi connectivity index (χ0n) is 16.7. The van der Waals surface area contributed by atoms with Crippen LogP contribution in [-0.4, -0.2) is 18.5 Å². The van der Waals surface area contributed by atoms with Gasteiger partial charge in [0.25, 0.3) is 5.91 Å². The molecule has 31 heavy (non-hydrogen) atoms. The highest BCUT2D eigenvalue weighted by atomic mass is 35.5. The lowest BCUT2D eigenvalue weighted by atomic mass is 9.96. The van der Waals surface area contributed by atoms with Gasteiger partial charge in [0.2, 0.25) is 0 Å². The Labute approximate surface area is 183 Å². The van der Waals surface area contributed by atoms with E-state index < -0.39 is 11.9 Å². The Morgan fingerprint density at radius 3 is 2.87 bits per heavy atom. The second-order valence-corrected chi connectivity index (χ2v) is 8.21. The lowest BCUT2D eigenvalue weighted by Crippen LogP contribution is -2.33. The Kier molecular flexibility index (Phi) is 4.67. The van der Waals surface area contributed by atoms with Gasteiger partial charge in [0, 0.05) is 39.6 Å². The van der Waals surface area contributed by atoms with Gasteiger partial charge < -0.3 is 10.6 Å². The number of hydrogen-bond donors (Lipinski definition) is 2. The minimum Gasteiger partial charge on any atom is -0.341 e. The molecule has 5 nitrogen and oxygen atoms in total. The highest BCUT2D eigenvalue weighted by molar-refractivity contribution is 6.31. The predicted molar refractivity (Wildman–Crippen MR) is 118 cm³/mol. The number of carbonyl (C=O) groups is 2. The van der Waals surface area contributed by atoms with Gasteiger partial charge in [-0.05, 0) is 55.3 Å². The topological polar surface area (TPSA) is 61.4 Å². The van der Waals surface area contributed by atoms with Gasteiger partial charge in [-0.1, -0.05) is 35.4 Å². The maximum atomic E-state index is 13.9. The van der Waals surface area contributed by atoms with E-state index in [1.165, 1.54) is 18.2 Å². The Morgan fingerprint density at radius 1 is 1.19 bits per heavy atom. The first-order valence-electron chi connectivity index (χ1n) is 9.99. The van der Waals surface area contributed by atoms with E-state index in [0.717, 1.165) is 23.2 Å². The summed E-state index contributed by atoms with van der Waals surface area (Å²) in [5.74, 6) is -0.744. The summed E-state index contributed by atoms with van der Waals surface area (Å²) >= 11 is 6.31. The predicted octanol–water partition coefficient (Wildman–Crippen LogP) is 5.21. The van der Waals surface area contributed by atoms with E-state index in [4.69, 9.17) is 11.6 Å². The normalized spacial score (nSPS) is 16.7. The summed E-state index contributed by atoms with van der Waals surface area (Å²) in [5.41, 5.74) is 5.12. The number of hydrogen-bond acceptors (Lipinski definition) is 2. The highest BCUT2D eigenvalue weighted by Gasteiger charge is 2.34. The van der Waals surface area contributed by atoms with Crippen molar-refractivity contribution in [3.05, 3.63) is 93.3 Å². The number of aryl methyl sites for hydroxylation is 1. The summed E-state index contributed by atoms with van der Waals surface area (Å²) in [4.78, 5) is 27.4. The van der Waals surface area contributed by atoms with Crippen molar-refractivity contribution in [2.45, 2.75) is 19.4 Å². The van der Waals surface area contributed by atoms with Crippen LogP contribution >= 0.6 is 11.6 Å². The first-order chi connectivity index (χ1) is 14.9. The third-order valence-electron chi connectivity index (χ3n) is 5.80. The van der Waals surface area contributed by atoms with Crippen LogP contribution in [0.3, 0.4) is 0 Å². The zero-order chi connectivity index (χ0) is 21.7. The number of halogens is 2. The lowest BCUT2D eigenvalue weighted by molar-refractivity contribution is 0.0960. The summed E-state index contributed by atoms with van der Waals surface area (Å²) in [5, 5.41) is 6.14. The van der Waals surface area contributed by atoms with Crippen LogP contribution in [0.15, 0.2) is 54.6 Å². The first-order valence-corrected chi connectivity index (χ1v) is 10.4. The zero-order valence-corrected chi connectivity index (χ0v) is 17.5. The fraction of sp³-hybridized carbons (Fsp3) is 0.167. The molecule has 0 spiro atoms. The molecule has 1 unspecified atom stereocenters. The largest absolute Gasteiger partial charge is 0.341 e. The summed E-state index contributed by atoms with van der Waals surface area (Å²) in [6.45, 7) is 2.61. The average Bonchev–Trinajstić information content (AvgIpc) is 3.31. The van der Waals surface area contributed by atoms with Crippen LogP contribution in [0.25, 0.3) is 0 Å². The second-order valence-electron chi connectivity index (χ2n) is 7.80. The van der Waals surface area contributed by atoms with Gasteiger partial charge in [-0.2, -0.15) is 0 Å². The molecule has 2 N–H and O–H groups in total. The standard InChI is InChI=1S/C24H19ClFN3O2/c1-13-5-8-20-14(11-13)9-10-29(20)24(31)27-19-4-2-3-16-21(19)22(28-23(16)30)17-12-15(26)6-7-18(17)25/h2-8,11-12,22H,9-10H2,1H3,(H,27,31)(H,28,30). The number of fused-ring (bicyclic) bond motifs is 2. The van der Waals surface area contributed by atoms with Crippen LogP contribution < -0.4 is 15.5 Å². The number of benzene rings is 3. The molecule has 2 aliphatic heterocycles. The number of rotatable bonds is 2. The number of nitrogens with one attached hydrogen (secondary N) is 2. The monoisotopic (exact) mass is 435 g/mol. The Morgan fingerprint density at radius 2 is 2.03 bits per heavy atom. The van der Waals surface area contributed by atoms with Crippen molar-refractivity contribution in [2.24, 2.45) is 0 Å². The van der Waals surface area contributed by atoms with Crippen LogP contribution in [-0.2, 0) is 6.42 Å². The summed E-state index contributed by atoms with van der Waals surface area (Å²) in [6, 6.07) is 14.3. The van der Waals surface area contributed by atoms with E-state index in [9.17, 15) is 14.0 Å². The summed E-state index contributed by atoms with van der Waals surface area (Å²) < 4.78 is 13.9. The van der Waals surface area contributed by atoms with E-state index in [0.29, 0.717) is 33.9 Å². The maximum absolute atomic E-state index is 13.9. The molecule has 3 aromatic rings. The van der Waals surface area contributed by atoms with Gasteiger partial charge in [-0.15, -0.1) is 0 Å². The number of amides is 3. The van der Waals surface area contributed by atoms with Gasteiger partial charge in [0.05, 0.1) is 6.04 Å². The SMILES string of the molecule is Cc1ccc2c(c1)CCN2C(=O)Nc1cccc2c1C(c1cc(F)ccc1Cl)NC2=O. The molecule has 2 heterocycles. The Hall–Kier alpha value is -3.38. The molecule has 7 heteroatoms. The van der Waals surface area contributed by atoms with Crippen LogP contribution in [0, 0.1) is 12.7 Å². The molecular formula is C24H19ClFN3O2. The van der Waals surface area contributed by atoms with Gasteiger partial charge in [-0.25, -0.2) is 9.18 Å². The van der Waals surface area contributed by atoms with Gasteiger partial charge >= 0.3 is 6.03 Å². The molecule has 0 fully saturated rings. The van der Waals surface area contributed by atoms with E-state index in [1.54, 1.807) is 23.1 Å². The summed E-state index contributed by atoms with van der Waals surface area (Å²) in [6.07, 6.45) is 0.791. The number of urea groups is 1. The molecule has 0 saturated carbocycles. The van der Waals surface area contributed by atoms with Crippen molar-refractivity contribution in [3.8, 4) is 0 Å². The Balaban J connectivity index is 1.51. The number of carbonyl (C=O) groups excluding carboxylic acids is 2. The van der Waals surface area contributed by atoms with E-state index in [-0.39, 0.29) is 11.9 Å². The minimum atomic E-state index is -0.657.